The van der Waals surface area contributed by atoms with Crippen molar-refractivity contribution in [3.05, 3.63) is 29.8 Å². The molecule has 1 heterocycles. The van der Waals surface area contributed by atoms with E-state index in [1.165, 1.54) is 12.8 Å². The van der Waals surface area contributed by atoms with Gasteiger partial charge in [0.25, 0.3) is 5.91 Å². The van der Waals surface area contributed by atoms with Crippen molar-refractivity contribution >= 4 is 5.91 Å². The minimum atomic E-state index is 0.0237. The fraction of sp³-hybridized carbons (Fsp3) is 0.611. The number of carbonyl (C=O) groups excluding carboxylic acids is 1. The summed E-state index contributed by atoms with van der Waals surface area (Å²) in [6.07, 6.45) is 2.52. The fourth-order valence-electron chi connectivity index (χ4n) is 3.34. The van der Waals surface area contributed by atoms with Gasteiger partial charge >= 0.3 is 0 Å². The largest absolute Gasteiger partial charge is 0.490 e. The summed E-state index contributed by atoms with van der Waals surface area (Å²) in [5.74, 6) is 1.83. The number of hydrogen-bond donors (Lipinski definition) is 1. The van der Waals surface area contributed by atoms with Crippen molar-refractivity contribution in [1.82, 2.24) is 4.90 Å². The number of nitrogens with zero attached hydrogens (tertiary/aromatic N) is 1. The molecule has 0 unspecified atom stereocenters. The molecule has 2 fully saturated rings. The summed E-state index contributed by atoms with van der Waals surface area (Å²) in [7, 11) is 0. The van der Waals surface area contributed by atoms with Crippen LogP contribution in [-0.2, 0) is 4.74 Å². The third kappa shape index (κ3) is 3.85. The van der Waals surface area contributed by atoms with E-state index in [2.05, 4.69) is 0 Å². The zero-order valence-electron chi connectivity index (χ0n) is 13.7. The normalized spacial score (nSPS) is 24.0. The summed E-state index contributed by atoms with van der Waals surface area (Å²) in [6, 6.07) is 7.53. The highest BCUT2D eigenvalue weighted by atomic mass is 16.5. The Bertz CT molecular complexity index is 545. The van der Waals surface area contributed by atoms with E-state index in [9.17, 15) is 4.79 Å². The molecule has 5 nitrogen and oxygen atoms in total. The number of amides is 1. The number of benzene rings is 1. The van der Waals surface area contributed by atoms with Crippen molar-refractivity contribution in [2.24, 2.45) is 17.6 Å². The van der Waals surface area contributed by atoms with E-state index in [0.717, 1.165) is 12.5 Å². The second kappa shape index (κ2) is 7.32. The molecule has 1 aliphatic carbocycles. The van der Waals surface area contributed by atoms with Crippen molar-refractivity contribution in [2.45, 2.75) is 25.8 Å². The molecule has 1 aromatic carbocycles. The molecule has 1 aliphatic heterocycles. The lowest BCUT2D eigenvalue weighted by molar-refractivity contribution is 0.0773. The van der Waals surface area contributed by atoms with Crippen LogP contribution in [0.15, 0.2) is 24.3 Å². The van der Waals surface area contributed by atoms with Crippen molar-refractivity contribution in [3.8, 4) is 5.75 Å². The van der Waals surface area contributed by atoms with Gasteiger partial charge in [-0.25, -0.2) is 0 Å². The lowest BCUT2D eigenvalue weighted by Gasteiger charge is -2.18. The SMILES string of the molecule is CCOCCOc1ccccc1C(=O)N1C[C@H](C2CC2)[C@@H](N)C1. The zero-order chi connectivity index (χ0) is 16.2. The Labute approximate surface area is 137 Å². The molecule has 3 rings (SSSR count). The molecule has 2 aliphatic rings. The Morgan fingerprint density at radius 3 is 2.78 bits per heavy atom. The zero-order valence-corrected chi connectivity index (χ0v) is 13.7. The number of hydrogen-bond acceptors (Lipinski definition) is 4. The molecule has 1 aromatic rings. The van der Waals surface area contributed by atoms with Crippen LogP contribution in [0.1, 0.15) is 30.1 Å². The Balaban J connectivity index is 1.65. The van der Waals surface area contributed by atoms with Gasteiger partial charge in [0, 0.05) is 25.7 Å². The van der Waals surface area contributed by atoms with Gasteiger partial charge in [-0.3, -0.25) is 4.79 Å². The smallest absolute Gasteiger partial charge is 0.257 e. The minimum Gasteiger partial charge on any atom is -0.490 e. The van der Waals surface area contributed by atoms with Crippen LogP contribution in [0, 0.1) is 11.8 Å². The Morgan fingerprint density at radius 1 is 1.26 bits per heavy atom. The summed E-state index contributed by atoms with van der Waals surface area (Å²) in [4.78, 5) is 14.7. The predicted octanol–water partition coefficient (Wildman–Crippen LogP) is 1.91. The van der Waals surface area contributed by atoms with Gasteiger partial charge in [0.1, 0.15) is 12.4 Å². The van der Waals surface area contributed by atoms with Crippen LogP contribution in [0.4, 0.5) is 0 Å². The van der Waals surface area contributed by atoms with Crippen molar-refractivity contribution in [3.63, 3.8) is 0 Å². The molecule has 2 N–H and O–H groups in total. The first-order valence-electron chi connectivity index (χ1n) is 8.55. The molecule has 0 bridgehead atoms. The van der Waals surface area contributed by atoms with Gasteiger partial charge in [-0.15, -0.1) is 0 Å². The fourth-order valence-corrected chi connectivity index (χ4v) is 3.34. The van der Waals surface area contributed by atoms with E-state index in [1.54, 1.807) is 0 Å². The highest BCUT2D eigenvalue weighted by molar-refractivity contribution is 5.97. The van der Waals surface area contributed by atoms with Crippen LogP contribution in [0.3, 0.4) is 0 Å². The number of para-hydroxylation sites is 1. The quantitative estimate of drug-likeness (QED) is 0.780. The number of nitrogens with two attached hydrogens (primary N) is 1. The van der Waals surface area contributed by atoms with Gasteiger partial charge in [-0.2, -0.15) is 0 Å². The van der Waals surface area contributed by atoms with Gasteiger partial charge in [-0.05, 0) is 43.7 Å². The van der Waals surface area contributed by atoms with Crippen LogP contribution in [0.2, 0.25) is 0 Å². The molecule has 0 spiro atoms. The summed E-state index contributed by atoms with van der Waals surface area (Å²) < 4.78 is 11.0. The highest BCUT2D eigenvalue weighted by Crippen LogP contribution is 2.41. The maximum Gasteiger partial charge on any atom is 0.257 e. The Morgan fingerprint density at radius 2 is 2.04 bits per heavy atom. The summed E-state index contributed by atoms with van der Waals surface area (Å²) in [5.41, 5.74) is 6.85. The van der Waals surface area contributed by atoms with Crippen LogP contribution in [0.25, 0.3) is 0 Å². The molecule has 2 atom stereocenters. The molecule has 1 amide bonds. The second-order valence-electron chi connectivity index (χ2n) is 6.42. The highest BCUT2D eigenvalue weighted by Gasteiger charge is 2.42. The maximum atomic E-state index is 12.8. The lowest BCUT2D eigenvalue weighted by atomic mass is 9.99. The monoisotopic (exact) mass is 318 g/mol. The van der Waals surface area contributed by atoms with Crippen LogP contribution in [0.5, 0.6) is 5.75 Å². The lowest BCUT2D eigenvalue weighted by Crippen LogP contribution is -2.32. The first kappa shape index (κ1) is 16.3. The van der Waals surface area contributed by atoms with Crippen molar-refractivity contribution in [1.29, 1.82) is 0 Å². The molecule has 0 aromatic heterocycles. The van der Waals surface area contributed by atoms with E-state index in [4.69, 9.17) is 15.2 Å². The van der Waals surface area contributed by atoms with E-state index in [0.29, 0.717) is 43.6 Å². The molecule has 23 heavy (non-hydrogen) atoms. The standard InChI is InChI=1S/C18H26N2O3/c1-2-22-9-10-23-17-6-4-3-5-14(17)18(21)20-11-15(13-7-8-13)16(19)12-20/h3-6,13,15-16H,2,7-12,19H2,1H3/t15-,16+/m1/s1. The third-order valence-corrected chi connectivity index (χ3v) is 4.73. The molecule has 0 radical (unpaired) electrons. The number of ether oxygens (including phenoxy) is 2. The average molecular weight is 318 g/mol. The second-order valence-corrected chi connectivity index (χ2v) is 6.42. The van der Waals surface area contributed by atoms with Gasteiger partial charge in [-0.1, -0.05) is 12.1 Å². The van der Waals surface area contributed by atoms with Crippen LogP contribution < -0.4 is 10.5 Å². The molecular weight excluding hydrogens is 292 g/mol. The van der Waals surface area contributed by atoms with E-state index < -0.39 is 0 Å². The number of carbonyl (C=O) groups is 1. The summed E-state index contributed by atoms with van der Waals surface area (Å²) in [6.45, 7) is 5.01. The van der Waals surface area contributed by atoms with E-state index in [-0.39, 0.29) is 11.9 Å². The molecule has 1 saturated carbocycles. The van der Waals surface area contributed by atoms with Crippen molar-refractivity contribution in [2.75, 3.05) is 32.9 Å². The average Bonchev–Trinajstić information content (AvgIpc) is 3.33. The molecule has 5 heteroatoms. The maximum absolute atomic E-state index is 12.8. The number of rotatable bonds is 7. The van der Waals surface area contributed by atoms with Crippen LogP contribution >= 0.6 is 0 Å². The summed E-state index contributed by atoms with van der Waals surface area (Å²) >= 11 is 0. The minimum absolute atomic E-state index is 0.0237. The molecule has 1 saturated heterocycles. The van der Waals surface area contributed by atoms with Gasteiger partial charge < -0.3 is 20.1 Å². The van der Waals surface area contributed by atoms with E-state index in [1.807, 2.05) is 36.1 Å². The third-order valence-electron chi connectivity index (χ3n) is 4.73. The van der Waals surface area contributed by atoms with Gasteiger partial charge in [0.05, 0.1) is 12.2 Å². The Kier molecular flexibility index (Phi) is 5.18. The van der Waals surface area contributed by atoms with Crippen LogP contribution in [-0.4, -0.2) is 49.8 Å². The Hall–Kier alpha value is -1.59. The molecule has 126 valence electrons. The van der Waals surface area contributed by atoms with Gasteiger partial charge in [0.2, 0.25) is 0 Å². The van der Waals surface area contributed by atoms with Gasteiger partial charge in [0.15, 0.2) is 0 Å². The predicted molar refractivity (Wildman–Crippen MR) is 88.5 cm³/mol. The summed E-state index contributed by atoms with van der Waals surface area (Å²) in [5, 5.41) is 0. The van der Waals surface area contributed by atoms with Crippen molar-refractivity contribution < 1.29 is 14.3 Å². The van der Waals surface area contributed by atoms with E-state index >= 15 is 0 Å². The first-order valence-corrected chi connectivity index (χ1v) is 8.55. The topological polar surface area (TPSA) is 64.8 Å². The molecular formula is C18H26N2O3. The number of likely N-dealkylation sites (tertiary alicyclic amines) is 1. The first-order chi connectivity index (χ1) is 11.2.